The van der Waals surface area contributed by atoms with E-state index < -0.39 is 5.76 Å². The number of aliphatic hydroxyl groups excluding tert-OH is 1. The quantitative estimate of drug-likeness (QED) is 0.756. The molecule has 1 aromatic heterocycles. The molecule has 18 heavy (non-hydrogen) atoms. The van der Waals surface area contributed by atoms with Crippen molar-refractivity contribution >= 4 is 0 Å². The van der Waals surface area contributed by atoms with E-state index in [9.17, 15) is 4.79 Å². The molecule has 2 aromatic rings. The molecular weight excluding hydrogens is 236 g/mol. The van der Waals surface area contributed by atoms with E-state index in [-0.39, 0.29) is 13.2 Å². The van der Waals surface area contributed by atoms with Crippen molar-refractivity contribution in [2.45, 2.75) is 6.54 Å². The first-order valence-electron chi connectivity index (χ1n) is 5.63. The third kappa shape index (κ3) is 2.85. The van der Waals surface area contributed by atoms with Crippen LogP contribution in [0.5, 0.6) is 0 Å². The van der Waals surface area contributed by atoms with E-state index in [0.717, 1.165) is 5.56 Å². The largest absolute Gasteiger partial charge is 0.441 e. The van der Waals surface area contributed by atoms with Gasteiger partial charge in [-0.05, 0) is 0 Å². The zero-order chi connectivity index (χ0) is 12.8. The van der Waals surface area contributed by atoms with Crippen LogP contribution in [0.15, 0.2) is 39.6 Å². The maximum absolute atomic E-state index is 11.5. The van der Waals surface area contributed by atoms with Crippen LogP contribution in [-0.4, -0.2) is 34.7 Å². The van der Waals surface area contributed by atoms with Gasteiger partial charge in [-0.3, -0.25) is 9.09 Å². The summed E-state index contributed by atoms with van der Waals surface area (Å²) >= 11 is 0. The first-order valence-corrected chi connectivity index (χ1v) is 5.63. The summed E-state index contributed by atoms with van der Waals surface area (Å²) in [5.41, 5.74) is 0.811. The Morgan fingerprint density at radius 1 is 1.28 bits per heavy atom. The number of rotatable bonds is 6. The van der Waals surface area contributed by atoms with Gasteiger partial charge in [-0.25, -0.2) is 4.79 Å². The van der Waals surface area contributed by atoms with Gasteiger partial charge in [0.2, 0.25) is 0 Å². The van der Waals surface area contributed by atoms with Crippen molar-refractivity contribution in [2.75, 3.05) is 19.8 Å². The van der Waals surface area contributed by atoms with Crippen LogP contribution in [0.2, 0.25) is 0 Å². The fourth-order valence-corrected chi connectivity index (χ4v) is 1.58. The molecule has 1 heterocycles. The highest BCUT2D eigenvalue weighted by atomic mass is 16.5. The van der Waals surface area contributed by atoms with Crippen LogP contribution in [0.4, 0.5) is 0 Å². The summed E-state index contributed by atoms with van der Waals surface area (Å²) in [5, 5.41) is 12.3. The van der Waals surface area contributed by atoms with Crippen molar-refractivity contribution in [3.8, 4) is 11.4 Å². The standard InChI is InChI=1S/C12H14N2O4/c15-7-9-17-8-6-14-11(13-18-12(14)16)10-4-2-1-3-5-10/h1-5,15H,6-9H2. The van der Waals surface area contributed by atoms with Crippen molar-refractivity contribution < 1.29 is 14.4 Å². The summed E-state index contributed by atoms with van der Waals surface area (Å²) in [6, 6.07) is 9.31. The average molecular weight is 250 g/mol. The maximum Gasteiger partial charge on any atom is 0.441 e. The molecule has 0 unspecified atom stereocenters. The Balaban J connectivity index is 2.15. The lowest BCUT2D eigenvalue weighted by Crippen LogP contribution is -2.19. The number of benzene rings is 1. The molecule has 6 nitrogen and oxygen atoms in total. The van der Waals surface area contributed by atoms with Crippen LogP contribution >= 0.6 is 0 Å². The Hall–Kier alpha value is -1.92. The normalized spacial score (nSPS) is 10.7. The van der Waals surface area contributed by atoms with E-state index in [4.69, 9.17) is 9.84 Å². The Morgan fingerprint density at radius 2 is 2.06 bits per heavy atom. The van der Waals surface area contributed by atoms with Crippen LogP contribution < -0.4 is 5.76 Å². The minimum Gasteiger partial charge on any atom is -0.394 e. The molecule has 0 amide bonds. The Labute approximate surface area is 103 Å². The first-order chi connectivity index (χ1) is 8.83. The highest BCUT2D eigenvalue weighted by molar-refractivity contribution is 5.54. The highest BCUT2D eigenvalue weighted by Crippen LogP contribution is 2.14. The summed E-state index contributed by atoms with van der Waals surface area (Å²) in [5.74, 6) is -0.0327. The predicted octanol–water partition coefficient (Wildman–Crippen LogP) is 0.512. The Kier molecular flexibility index (Phi) is 4.27. The molecule has 0 fully saturated rings. The predicted molar refractivity (Wildman–Crippen MR) is 64.1 cm³/mol. The van der Waals surface area contributed by atoms with Crippen molar-refractivity contribution in [2.24, 2.45) is 0 Å². The number of aliphatic hydroxyl groups is 1. The molecule has 0 bridgehead atoms. The van der Waals surface area contributed by atoms with Crippen molar-refractivity contribution in [1.29, 1.82) is 0 Å². The summed E-state index contributed by atoms with van der Waals surface area (Å²) in [6.07, 6.45) is 0. The van der Waals surface area contributed by atoms with Gasteiger partial charge in [0.25, 0.3) is 0 Å². The SMILES string of the molecule is O=c1onc(-c2ccccc2)n1CCOCCO. The second-order valence-corrected chi connectivity index (χ2v) is 3.63. The molecule has 6 heteroatoms. The van der Waals surface area contributed by atoms with Crippen molar-refractivity contribution in [3.05, 3.63) is 40.9 Å². The first kappa shape index (κ1) is 12.5. The fraction of sp³-hybridized carbons (Fsp3) is 0.333. The van der Waals surface area contributed by atoms with Crippen LogP contribution in [-0.2, 0) is 11.3 Å². The zero-order valence-electron chi connectivity index (χ0n) is 9.78. The maximum atomic E-state index is 11.5. The monoisotopic (exact) mass is 250 g/mol. The molecule has 0 saturated carbocycles. The molecule has 0 saturated heterocycles. The van der Waals surface area contributed by atoms with E-state index in [1.54, 1.807) is 0 Å². The smallest absolute Gasteiger partial charge is 0.394 e. The van der Waals surface area contributed by atoms with E-state index in [0.29, 0.717) is 19.0 Å². The molecule has 2 rings (SSSR count). The van der Waals surface area contributed by atoms with Gasteiger partial charge in [-0.2, -0.15) is 0 Å². The molecule has 1 aromatic carbocycles. The molecule has 0 aliphatic heterocycles. The second-order valence-electron chi connectivity index (χ2n) is 3.63. The van der Waals surface area contributed by atoms with Gasteiger partial charge >= 0.3 is 5.76 Å². The van der Waals surface area contributed by atoms with E-state index >= 15 is 0 Å². The minimum atomic E-state index is -0.513. The Morgan fingerprint density at radius 3 is 2.78 bits per heavy atom. The molecule has 0 atom stereocenters. The van der Waals surface area contributed by atoms with Crippen LogP contribution in [0.25, 0.3) is 11.4 Å². The van der Waals surface area contributed by atoms with Gasteiger partial charge < -0.3 is 9.84 Å². The summed E-state index contributed by atoms with van der Waals surface area (Å²) in [6.45, 7) is 0.874. The average Bonchev–Trinajstić information content (AvgIpc) is 2.77. The topological polar surface area (TPSA) is 77.5 Å². The van der Waals surface area contributed by atoms with Crippen molar-refractivity contribution in [1.82, 2.24) is 9.72 Å². The lowest BCUT2D eigenvalue weighted by atomic mass is 10.2. The summed E-state index contributed by atoms with van der Waals surface area (Å²) in [4.78, 5) is 11.5. The Bertz CT molecular complexity index is 533. The second kappa shape index (κ2) is 6.13. The fourth-order valence-electron chi connectivity index (χ4n) is 1.58. The highest BCUT2D eigenvalue weighted by Gasteiger charge is 2.11. The number of hydrogen-bond donors (Lipinski definition) is 1. The van der Waals surface area contributed by atoms with Gasteiger partial charge in [0.05, 0.1) is 26.4 Å². The van der Waals surface area contributed by atoms with Crippen LogP contribution in [0, 0.1) is 0 Å². The summed E-state index contributed by atoms with van der Waals surface area (Å²) in [7, 11) is 0. The van der Waals surface area contributed by atoms with Crippen LogP contribution in [0.1, 0.15) is 0 Å². The van der Waals surface area contributed by atoms with E-state index in [1.807, 2.05) is 30.3 Å². The summed E-state index contributed by atoms with van der Waals surface area (Å²) < 4.78 is 11.2. The molecule has 0 spiro atoms. The lowest BCUT2D eigenvalue weighted by Gasteiger charge is -2.04. The third-order valence-electron chi connectivity index (χ3n) is 2.41. The number of hydrogen-bond acceptors (Lipinski definition) is 5. The van der Waals surface area contributed by atoms with E-state index in [2.05, 4.69) is 9.68 Å². The van der Waals surface area contributed by atoms with E-state index in [1.165, 1.54) is 4.57 Å². The van der Waals surface area contributed by atoms with Crippen LogP contribution in [0.3, 0.4) is 0 Å². The van der Waals surface area contributed by atoms with Gasteiger partial charge in [0.15, 0.2) is 5.82 Å². The molecule has 1 N–H and O–H groups in total. The zero-order valence-corrected chi connectivity index (χ0v) is 9.78. The van der Waals surface area contributed by atoms with Gasteiger partial charge in [-0.15, -0.1) is 0 Å². The van der Waals surface area contributed by atoms with Gasteiger partial charge in [-0.1, -0.05) is 35.5 Å². The lowest BCUT2D eigenvalue weighted by molar-refractivity contribution is 0.0862. The number of aromatic nitrogens is 2. The van der Waals surface area contributed by atoms with Gasteiger partial charge in [0.1, 0.15) is 0 Å². The van der Waals surface area contributed by atoms with Gasteiger partial charge in [0, 0.05) is 5.56 Å². The molecule has 0 radical (unpaired) electrons. The third-order valence-corrected chi connectivity index (χ3v) is 2.41. The molecule has 0 aliphatic carbocycles. The number of ether oxygens (including phenoxy) is 1. The molecule has 0 aliphatic rings. The molecular formula is C12H14N2O4. The minimum absolute atomic E-state index is 0.0376. The molecule has 96 valence electrons. The van der Waals surface area contributed by atoms with Crippen molar-refractivity contribution in [3.63, 3.8) is 0 Å². The number of nitrogens with zero attached hydrogens (tertiary/aromatic N) is 2.